The fraction of sp³-hybridized carbons (Fsp3) is 0.903. The minimum atomic E-state index is -0.336. The Morgan fingerprint density at radius 1 is 0.971 bits per heavy atom. The van der Waals surface area contributed by atoms with E-state index in [0.29, 0.717) is 21.7 Å². The number of methoxy groups -OCH3 is 1. The molecule has 0 radical (unpaired) electrons. The van der Waals surface area contributed by atoms with Crippen LogP contribution in [0, 0.1) is 50.2 Å². The quantitative estimate of drug-likeness (QED) is 0.146. The van der Waals surface area contributed by atoms with Gasteiger partial charge in [-0.05, 0) is 103 Å². The normalized spacial score (nSPS) is 52.2. The van der Waals surface area contributed by atoms with Crippen molar-refractivity contribution in [3.63, 3.8) is 0 Å². The van der Waals surface area contributed by atoms with Crippen LogP contribution in [0.3, 0.4) is 0 Å². The number of esters is 1. The van der Waals surface area contributed by atoms with Crippen LogP contribution in [-0.2, 0) is 9.53 Å². The van der Waals surface area contributed by atoms with E-state index in [0.717, 1.165) is 44.9 Å². The highest BCUT2D eigenvalue weighted by atomic mass is 127. The number of alkyl halides is 1. The van der Waals surface area contributed by atoms with Crippen molar-refractivity contribution in [3.05, 3.63) is 11.6 Å². The third-order valence-corrected chi connectivity index (χ3v) is 15.5. The zero-order valence-electron chi connectivity index (χ0n) is 23.5. The van der Waals surface area contributed by atoms with Crippen LogP contribution in [-0.4, -0.2) is 28.2 Å². The number of halogens is 1. The molecule has 0 unspecified atom stereocenters. The second kappa shape index (κ2) is 7.96. The van der Waals surface area contributed by atoms with Crippen LogP contribution in [0.25, 0.3) is 0 Å². The Kier molecular flexibility index (Phi) is 6.03. The van der Waals surface area contributed by atoms with Crippen molar-refractivity contribution < 1.29 is 14.6 Å². The van der Waals surface area contributed by atoms with Gasteiger partial charge in [-0.2, -0.15) is 0 Å². The Labute approximate surface area is 227 Å². The zero-order valence-corrected chi connectivity index (χ0v) is 25.6. The van der Waals surface area contributed by atoms with E-state index in [-0.39, 0.29) is 44.6 Å². The predicted molar refractivity (Wildman–Crippen MR) is 150 cm³/mol. The first-order valence-corrected chi connectivity index (χ1v) is 15.4. The lowest BCUT2D eigenvalue weighted by molar-refractivity contribution is -0.198. The summed E-state index contributed by atoms with van der Waals surface area (Å²) in [5.41, 5.74) is 2.10. The molecule has 5 rings (SSSR count). The van der Waals surface area contributed by atoms with Gasteiger partial charge in [0.1, 0.15) is 0 Å². The number of hydrogen-bond donors (Lipinski definition) is 1. The summed E-state index contributed by atoms with van der Waals surface area (Å²) in [5.74, 6) is 1.55. The summed E-state index contributed by atoms with van der Waals surface area (Å²) in [4.78, 5) is 13.4. The topological polar surface area (TPSA) is 46.5 Å². The van der Waals surface area contributed by atoms with Crippen LogP contribution >= 0.6 is 22.6 Å². The first-order chi connectivity index (χ1) is 16.1. The van der Waals surface area contributed by atoms with Gasteiger partial charge in [-0.15, -0.1) is 0 Å². The van der Waals surface area contributed by atoms with E-state index < -0.39 is 0 Å². The molecule has 5 aliphatic rings. The summed E-state index contributed by atoms with van der Waals surface area (Å²) in [6, 6.07) is 0. The van der Waals surface area contributed by atoms with Gasteiger partial charge in [-0.3, -0.25) is 4.79 Å². The molecule has 35 heavy (non-hydrogen) atoms. The second-order valence-corrected chi connectivity index (χ2v) is 16.7. The maximum atomic E-state index is 13.4. The average Bonchev–Trinajstić information content (AvgIpc) is 2.77. The first kappa shape index (κ1) is 26.5. The lowest BCUT2D eigenvalue weighted by Crippen LogP contribution is -2.66. The van der Waals surface area contributed by atoms with Crippen molar-refractivity contribution in [2.75, 3.05) is 7.11 Å². The molecule has 198 valence electrons. The Bertz CT molecular complexity index is 938. The van der Waals surface area contributed by atoms with Gasteiger partial charge >= 0.3 is 5.97 Å². The predicted octanol–water partition coefficient (Wildman–Crippen LogP) is 7.74. The van der Waals surface area contributed by atoms with Gasteiger partial charge in [0.2, 0.25) is 0 Å². The van der Waals surface area contributed by atoms with Gasteiger partial charge in [-0.25, -0.2) is 0 Å². The minimum absolute atomic E-state index is 0.0362. The summed E-state index contributed by atoms with van der Waals surface area (Å²) in [5, 5.41) is 11.2. The molecular weight excluding hydrogens is 547 g/mol. The average molecular weight is 597 g/mol. The van der Waals surface area contributed by atoms with Crippen LogP contribution in [0.1, 0.15) is 106 Å². The fourth-order valence-electron chi connectivity index (χ4n) is 10.9. The second-order valence-electron chi connectivity index (χ2n) is 15.4. The Morgan fingerprint density at radius 2 is 1.63 bits per heavy atom. The molecule has 3 nitrogen and oxygen atoms in total. The van der Waals surface area contributed by atoms with E-state index in [4.69, 9.17) is 4.74 Å². The summed E-state index contributed by atoms with van der Waals surface area (Å²) in [7, 11) is 1.59. The fourth-order valence-corrected chi connectivity index (χ4v) is 11.6. The summed E-state index contributed by atoms with van der Waals surface area (Å²) < 4.78 is 5.81. The number of carbonyl (C=O) groups is 1. The highest BCUT2D eigenvalue weighted by Crippen LogP contribution is 2.76. The van der Waals surface area contributed by atoms with E-state index in [1.165, 1.54) is 12.8 Å². The molecule has 9 atom stereocenters. The van der Waals surface area contributed by atoms with Gasteiger partial charge in [0.05, 0.1) is 18.6 Å². The van der Waals surface area contributed by atoms with E-state index >= 15 is 0 Å². The molecule has 0 spiro atoms. The third-order valence-electron chi connectivity index (χ3n) is 13.1. The molecule has 0 saturated heterocycles. The number of hydrogen-bond acceptors (Lipinski definition) is 3. The highest BCUT2D eigenvalue weighted by molar-refractivity contribution is 14.1. The van der Waals surface area contributed by atoms with Crippen LogP contribution in [0.4, 0.5) is 0 Å². The molecule has 1 N–H and O–H groups in total. The molecule has 0 heterocycles. The minimum Gasteiger partial charge on any atom is -0.469 e. The van der Waals surface area contributed by atoms with Gasteiger partial charge < -0.3 is 9.84 Å². The Balaban J connectivity index is 1.61. The maximum Gasteiger partial charge on any atom is 0.312 e. The molecule has 0 bridgehead atoms. The van der Waals surface area contributed by atoms with E-state index in [2.05, 4.69) is 77.1 Å². The van der Waals surface area contributed by atoms with E-state index in [1.54, 1.807) is 12.7 Å². The summed E-state index contributed by atoms with van der Waals surface area (Å²) >= 11 is 2.53. The van der Waals surface area contributed by atoms with Crippen molar-refractivity contribution in [1.82, 2.24) is 0 Å². The molecule has 4 saturated carbocycles. The SMILES string of the molecule is COC(=O)[C@]12CCC(C)(C)C[C@H]1C1=CC[C@@H]3[C@@]4(C)C[C@H](O)[C@@H](I)C(C)(C)[C@@H]4CC[C@@]3(C)[C@]1(C)CC2. The Hall–Kier alpha value is -0.100. The van der Waals surface area contributed by atoms with Crippen molar-refractivity contribution in [1.29, 1.82) is 0 Å². The number of allylic oxidation sites excluding steroid dienone is 2. The molecule has 5 aliphatic carbocycles. The monoisotopic (exact) mass is 596 g/mol. The number of rotatable bonds is 1. The zero-order chi connectivity index (χ0) is 25.8. The smallest absolute Gasteiger partial charge is 0.312 e. The number of ether oxygens (including phenoxy) is 1. The van der Waals surface area contributed by atoms with E-state index in [1.807, 2.05) is 0 Å². The largest absolute Gasteiger partial charge is 0.469 e. The first-order valence-electron chi connectivity index (χ1n) is 14.2. The molecule has 4 heteroatoms. The van der Waals surface area contributed by atoms with Crippen molar-refractivity contribution >= 4 is 28.6 Å². The van der Waals surface area contributed by atoms with Crippen LogP contribution in [0.15, 0.2) is 11.6 Å². The van der Waals surface area contributed by atoms with Gasteiger partial charge in [0.15, 0.2) is 0 Å². The highest BCUT2D eigenvalue weighted by Gasteiger charge is 2.70. The molecule has 0 aromatic carbocycles. The van der Waals surface area contributed by atoms with Gasteiger partial charge in [0.25, 0.3) is 0 Å². The molecule has 0 aliphatic heterocycles. The molecule has 0 aromatic heterocycles. The number of carbonyl (C=O) groups excluding carboxylic acids is 1. The molecule has 4 fully saturated rings. The van der Waals surface area contributed by atoms with Crippen molar-refractivity contribution in [3.8, 4) is 0 Å². The van der Waals surface area contributed by atoms with Crippen LogP contribution in [0.5, 0.6) is 0 Å². The summed E-state index contributed by atoms with van der Waals surface area (Å²) in [6.07, 6.45) is 12.1. The van der Waals surface area contributed by atoms with Gasteiger partial charge in [0, 0.05) is 3.92 Å². The molecule has 0 amide bonds. The Morgan fingerprint density at radius 3 is 2.29 bits per heavy atom. The molecule has 0 aromatic rings. The lowest BCUT2D eigenvalue weighted by Gasteiger charge is -2.71. The number of fused-ring (bicyclic) bond motifs is 7. The van der Waals surface area contributed by atoms with Crippen molar-refractivity contribution in [2.24, 2.45) is 50.2 Å². The maximum absolute atomic E-state index is 13.4. The van der Waals surface area contributed by atoms with Crippen molar-refractivity contribution in [2.45, 2.75) is 116 Å². The number of aliphatic hydroxyl groups excluding tert-OH is 1. The van der Waals surface area contributed by atoms with Crippen LogP contribution < -0.4 is 0 Å². The summed E-state index contributed by atoms with van der Waals surface area (Å²) in [6.45, 7) is 17.3. The van der Waals surface area contributed by atoms with Crippen LogP contribution in [0.2, 0.25) is 0 Å². The standard InChI is InChI=1S/C31H49IO3/c1-26(2)13-15-31(25(34)35-8)16-14-29(6)19(20(31)17-26)9-10-23-28(5)18-21(33)24(32)27(3,4)22(28)11-12-30(23,29)7/h9,20-24,33H,10-18H2,1-8H3/t20-,21-,22-,23+,24+,28-,29+,30+,31-/m0/s1. The lowest BCUT2D eigenvalue weighted by atomic mass is 9.33. The van der Waals surface area contributed by atoms with E-state index in [9.17, 15) is 9.90 Å². The molecular formula is C31H49IO3. The third kappa shape index (κ3) is 3.32. The number of aliphatic hydroxyl groups is 1. The van der Waals surface area contributed by atoms with Gasteiger partial charge in [-0.1, -0.05) is 82.7 Å².